The van der Waals surface area contributed by atoms with Gasteiger partial charge in [0.1, 0.15) is 0 Å². The lowest BCUT2D eigenvalue weighted by Gasteiger charge is -2.12. The van der Waals surface area contributed by atoms with Crippen LogP contribution in [-0.4, -0.2) is 0 Å². The number of hydrogen-bond donors (Lipinski definition) is 1. The van der Waals surface area contributed by atoms with E-state index in [1.165, 1.54) is 24.0 Å². The van der Waals surface area contributed by atoms with Crippen molar-refractivity contribution in [1.82, 2.24) is 0 Å². The molecule has 1 aromatic carbocycles. The Morgan fingerprint density at radius 1 is 1.43 bits per heavy atom. The number of rotatable bonds is 4. The van der Waals surface area contributed by atoms with Gasteiger partial charge in [0.25, 0.3) is 0 Å². The predicted molar refractivity (Wildman–Crippen MR) is 65.3 cm³/mol. The largest absolute Gasteiger partial charge is 0.324 e. The van der Waals surface area contributed by atoms with E-state index in [1.54, 1.807) is 0 Å². The first-order valence-electron chi connectivity index (χ1n) is 5.16. The van der Waals surface area contributed by atoms with Crippen molar-refractivity contribution in [3.05, 3.63) is 33.8 Å². The smallest absolute Gasteiger partial charge is 0.0294 e. The highest BCUT2D eigenvalue weighted by atomic mass is 79.9. The minimum Gasteiger partial charge on any atom is -0.324 e. The van der Waals surface area contributed by atoms with Crippen molar-refractivity contribution >= 4 is 15.9 Å². The second-order valence-electron chi connectivity index (χ2n) is 3.76. The van der Waals surface area contributed by atoms with E-state index in [1.807, 2.05) is 0 Å². The lowest BCUT2D eigenvalue weighted by molar-refractivity contribution is 0.603. The summed E-state index contributed by atoms with van der Waals surface area (Å²) >= 11 is 3.49. The van der Waals surface area contributed by atoms with Gasteiger partial charge in [-0.2, -0.15) is 0 Å². The van der Waals surface area contributed by atoms with Crippen molar-refractivity contribution in [3.8, 4) is 0 Å². The highest BCUT2D eigenvalue weighted by molar-refractivity contribution is 9.10. The van der Waals surface area contributed by atoms with E-state index in [0.717, 1.165) is 10.9 Å². The molecule has 2 N–H and O–H groups in total. The molecule has 14 heavy (non-hydrogen) atoms. The first kappa shape index (κ1) is 11.7. The zero-order valence-corrected chi connectivity index (χ0v) is 10.5. The number of aryl methyl sites for hydroxylation is 1. The minimum atomic E-state index is 0.196. The van der Waals surface area contributed by atoms with Crippen LogP contribution in [0.25, 0.3) is 0 Å². The Hall–Kier alpha value is -0.340. The van der Waals surface area contributed by atoms with Crippen molar-refractivity contribution in [3.63, 3.8) is 0 Å². The molecule has 0 fully saturated rings. The molecule has 2 heteroatoms. The lowest BCUT2D eigenvalue weighted by atomic mass is 10.0. The van der Waals surface area contributed by atoms with Crippen molar-refractivity contribution in [1.29, 1.82) is 0 Å². The molecule has 0 heterocycles. The molecule has 1 rings (SSSR count). The molecule has 78 valence electrons. The molecular weight excluding hydrogens is 238 g/mol. The van der Waals surface area contributed by atoms with Crippen LogP contribution in [-0.2, 0) is 0 Å². The van der Waals surface area contributed by atoms with E-state index in [9.17, 15) is 0 Å². The van der Waals surface area contributed by atoms with Gasteiger partial charge >= 0.3 is 0 Å². The summed E-state index contributed by atoms with van der Waals surface area (Å²) in [4.78, 5) is 0. The average molecular weight is 256 g/mol. The van der Waals surface area contributed by atoms with E-state index in [2.05, 4.69) is 48.0 Å². The Labute approximate surface area is 94.8 Å². The predicted octanol–water partition coefficient (Wildman–Crippen LogP) is 3.95. The molecule has 1 aromatic rings. The van der Waals surface area contributed by atoms with Gasteiger partial charge in [0, 0.05) is 10.5 Å². The topological polar surface area (TPSA) is 26.0 Å². The van der Waals surface area contributed by atoms with Crippen molar-refractivity contribution < 1.29 is 0 Å². The molecule has 0 saturated heterocycles. The van der Waals surface area contributed by atoms with E-state index < -0.39 is 0 Å². The second kappa shape index (κ2) is 5.52. The number of halogens is 1. The van der Waals surface area contributed by atoms with Gasteiger partial charge in [-0.3, -0.25) is 0 Å². The summed E-state index contributed by atoms with van der Waals surface area (Å²) in [6.07, 6.45) is 3.50. The van der Waals surface area contributed by atoms with E-state index in [-0.39, 0.29) is 6.04 Å². The quantitative estimate of drug-likeness (QED) is 0.867. The maximum atomic E-state index is 6.08. The summed E-state index contributed by atoms with van der Waals surface area (Å²) in [6.45, 7) is 4.29. The van der Waals surface area contributed by atoms with Gasteiger partial charge in [0.05, 0.1) is 0 Å². The first-order valence-corrected chi connectivity index (χ1v) is 5.96. The summed E-state index contributed by atoms with van der Waals surface area (Å²) < 4.78 is 1.16. The molecule has 0 spiro atoms. The molecule has 0 aliphatic rings. The van der Waals surface area contributed by atoms with Crippen molar-refractivity contribution in [2.45, 2.75) is 39.2 Å². The number of unbranched alkanes of at least 4 members (excludes halogenated alkanes) is 1. The molecule has 0 amide bonds. The van der Waals surface area contributed by atoms with Crippen molar-refractivity contribution in [2.75, 3.05) is 0 Å². The van der Waals surface area contributed by atoms with Crippen LogP contribution in [0.2, 0.25) is 0 Å². The summed E-state index contributed by atoms with van der Waals surface area (Å²) in [5.41, 5.74) is 8.59. The van der Waals surface area contributed by atoms with Gasteiger partial charge in [-0.1, -0.05) is 47.8 Å². The standard InChI is InChI=1S/C12H18BrN/c1-3-4-5-12(14)10-6-7-11(13)9(2)8-10/h6-8,12H,3-5,14H2,1-2H3. The van der Waals surface area contributed by atoms with Gasteiger partial charge in [0.2, 0.25) is 0 Å². The van der Waals surface area contributed by atoms with Gasteiger partial charge in [-0.05, 0) is 30.5 Å². The fraction of sp³-hybridized carbons (Fsp3) is 0.500. The SMILES string of the molecule is CCCCC(N)c1ccc(Br)c(C)c1. The average Bonchev–Trinajstić information content (AvgIpc) is 2.18. The first-order chi connectivity index (χ1) is 6.65. The molecule has 0 aliphatic heterocycles. The Balaban J connectivity index is 2.70. The fourth-order valence-electron chi connectivity index (χ4n) is 1.49. The van der Waals surface area contributed by atoms with Crippen LogP contribution >= 0.6 is 15.9 Å². The molecular formula is C12H18BrN. The van der Waals surface area contributed by atoms with Gasteiger partial charge in [-0.25, -0.2) is 0 Å². The zero-order chi connectivity index (χ0) is 10.6. The van der Waals surface area contributed by atoms with Crippen LogP contribution < -0.4 is 5.73 Å². The van der Waals surface area contributed by atoms with E-state index in [0.29, 0.717) is 0 Å². The molecule has 0 aromatic heterocycles. The Bertz CT molecular complexity index is 296. The second-order valence-corrected chi connectivity index (χ2v) is 4.61. The third-order valence-electron chi connectivity index (χ3n) is 2.48. The van der Waals surface area contributed by atoms with Crippen LogP contribution in [0.1, 0.15) is 43.4 Å². The minimum absolute atomic E-state index is 0.196. The van der Waals surface area contributed by atoms with Gasteiger partial charge in [0.15, 0.2) is 0 Å². The molecule has 0 saturated carbocycles. The van der Waals surface area contributed by atoms with Crippen LogP contribution in [0.5, 0.6) is 0 Å². The maximum absolute atomic E-state index is 6.08. The van der Waals surface area contributed by atoms with Gasteiger partial charge < -0.3 is 5.73 Å². The molecule has 1 atom stereocenters. The molecule has 0 bridgehead atoms. The number of hydrogen-bond acceptors (Lipinski definition) is 1. The maximum Gasteiger partial charge on any atom is 0.0294 e. The van der Waals surface area contributed by atoms with Crippen LogP contribution in [0.15, 0.2) is 22.7 Å². The Kier molecular flexibility index (Phi) is 4.63. The van der Waals surface area contributed by atoms with Crippen LogP contribution in [0, 0.1) is 6.92 Å². The number of benzene rings is 1. The van der Waals surface area contributed by atoms with Crippen molar-refractivity contribution in [2.24, 2.45) is 5.73 Å². The van der Waals surface area contributed by atoms with E-state index in [4.69, 9.17) is 5.73 Å². The fourth-order valence-corrected chi connectivity index (χ4v) is 1.74. The highest BCUT2D eigenvalue weighted by Gasteiger charge is 2.06. The van der Waals surface area contributed by atoms with Crippen LogP contribution in [0.3, 0.4) is 0 Å². The molecule has 1 nitrogen and oxygen atoms in total. The zero-order valence-electron chi connectivity index (χ0n) is 8.89. The normalized spacial score (nSPS) is 12.9. The molecule has 1 unspecified atom stereocenters. The number of nitrogens with two attached hydrogens (primary N) is 1. The Morgan fingerprint density at radius 3 is 2.71 bits per heavy atom. The lowest BCUT2D eigenvalue weighted by Crippen LogP contribution is -2.10. The molecule has 0 radical (unpaired) electrons. The third-order valence-corrected chi connectivity index (χ3v) is 3.37. The summed E-state index contributed by atoms with van der Waals surface area (Å²) in [7, 11) is 0. The third kappa shape index (κ3) is 3.10. The monoisotopic (exact) mass is 255 g/mol. The Morgan fingerprint density at radius 2 is 2.14 bits per heavy atom. The van der Waals surface area contributed by atoms with Gasteiger partial charge in [-0.15, -0.1) is 0 Å². The molecule has 0 aliphatic carbocycles. The summed E-state index contributed by atoms with van der Waals surface area (Å²) in [5.74, 6) is 0. The summed E-state index contributed by atoms with van der Waals surface area (Å²) in [6, 6.07) is 6.56. The summed E-state index contributed by atoms with van der Waals surface area (Å²) in [5, 5.41) is 0. The van der Waals surface area contributed by atoms with Crippen LogP contribution in [0.4, 0.5) is 0 Å². The van der Waals surface area contributed by atoms with E-state index >= 15 is 0 Å². The highest BCUT2D eigenvalue weighted by Crippen LogP contribution is 2.22.